The van der Waals surface area contributed by atoms with Gasteiger partial charge in [-0.2, -0.15) is 0 Å². The number of hydrogen-bond donors (Lipinski definition) is 2. The molecule has 1 atom stereocenters. The van der Waals surface area contributed by atoms with Crippen LogP contribution in [0.1, 0.15) is 17.5 Å². The fourth-order valence-electron chi connectivity index (χ4n) is 2.18. The van der Waals surface area contributed by atoms with E-state index in [9.17, 15) is 4.79 Å². The van der Waals surface area contributed by atoms with Crippen molar-refractivity contribution in [3.8, 4) is 0 Å². The summed E-state index contributed by atoms with van der Waals surface area (Å²) < 4.78 is 1.01. The molecule has 0 bridgehead atoms. The smallest absolute Gasteiger partial charge is 0.305 e. The van der Waals surface area contributed by atoms with E-state index in [1.165, 1.54) is 5.56 Å². The summed E-state index contributed by atoms with van der Waals surface area (Å²) in [7, 11) is 0. The normalized spacial score (nSPS) is 23.9. The molecule has 4 heteroatoms. The molecule has 3 N–H and O–H groups in total. The summed E-state index contributed by atoms with van der Waals surface area (Å²) in [5.41, 5.74) is 7.79. The number of nitrogens with two attached hydrogens (primary N) is 1. The van der Waals surface area contributed by atoms with E-state index < -0.39 is 11.5 Å². The van der Waals surface area contributed by atoms with Crippen molar-refractivity contribution >= 4 is 21.9 Å². The van der Waals surface area contributed by atoms with Crippen LogP contribution < -0.4 is 5.73 Å². The van der Waals surface area contributed by atoms with Gasteiger partial charge in [0.25, 0.3) is 0 Å². The van der Waals surface area contributed by atoms with Crippen LogP contribution in [0.5, 0.6) is 0 Å². The molecular formula is C11H12BrNO2. The highest BCUT2D eigenvalue weighted by atomic mass is 79.9. The van der Waals surface area contributed by atoms with Crippen molar-refractivity contribution in [2.24, 2.45) is 5.73 Å². The minimum atomic E-state index is -0.829. The Morgan fingerprint density at radius 1 is 1.47 bits per heavy atom. The number of benzene rings is 1. The third kappa shape index (κ3) is 2.21. The summed E-state index contributed by atoms with van der Waals surface area (Å²) in [6, 6.07) is 5.99. The lowest BCUT2D eigenvalue weighted by atomic mass is 9.93. The van der Waals surface area contributed by atoms with Crippen molar-refractivity contribution in [3.63, 3.8) is 0 Å². The summed E-state index contributed by atoms with van der Waals surface area (Å²) in [6.07, 6.45) is 1.33. The van der Waals surface area contributed by atoms with Gasteiger partial charge in [-0.1, -0.05) is 22.0 Å². The van der Waals surface area contributed by atoms with Crippen molar-refractivity contribution < 1.29 is 9.90 Å². The zero-order valence-electron chi connectivity index (χ0n) is 8.16. The Hall–Kier alpha value is -0.870. The second-order valence-electron chi connectivity index (χ2n) is 4.20. The molecule has 1 aliphatic carbocycles. The minimum absolute atomic E-state index is 0.0271. The highest BCUT2D eigenvalue weighted by Crippen LogP contribution is 2.32. The van der Waals surface area contributed by atoms with Crippen LogP contribution in [-0.2, 0) is 17.6 Å². The quantitative estimate of drug-likeness (QED) is 0.860. The monoisotopic (exact) mass is 269 g/mol. The Kier molecular flexibility index (Phi) is 2.56. The number of rotatable bonds is 2. The summed E-state index contributed by atoms with van der Waals surface area (Å²) >= 11 is 3.40. The Labute approximate surface area is 96.4 Å². The number of aliphatic carboxylic acids is 1. The summed E-state index contributed by atoms with van der Waals surface area (Å²) in [6.45, 7) is 0. The molecule has 0 aromatic heterocycles. The predicted octanol–water partition coefficient (Wildman–Crippen LogP) is 1.72. The van der Waals surface area contributed by atoms with Gasteiger partial charge in [-0.3, -0.25) is 4.79 Å². The fraction of sp³-hybridized carbons (Fsp3) is 0.364. The highest BCUT2D eigenvalue weighted by Gasteiger charge is 2.35. The van der Waals surface area contributed by atoms with E-state index in [0.29, 0.717) is 12.8 Å². The number of fused-ring (bicyclic) bond motifs is 1. The van der Waals surface area contributed by atoms with Gasteiger partial charge in [-0.05, 0) is 36.1 Å². The molecule has 1 aromatic carbocycles. The van der Waals surface area contributed by atoms with Gasteiger partial charge in [0.15, 0.2) is 0 Å². The van der Waals surface area contributed by atoms with Crippen LogP contribution in [0, 0.1) is 0 Å². The van der Waals surface area contributed by atoms with Gasteiger partial charge >= 0.3 is 5.97 Å². The topological polar surface area (TPSA) is 63.3 Å². The van der Waals surface area contributed by atoms with Gasteiger partial charge in [0.05, 0.1) is 6.42 Å². The van der Waals surface area contributed by atoms with Crippen LogP contribution in [0.15, 0.2) is 22.7 Å². The van der Waals surface area contributed by atoms with E-state index in [1.807, 2.05) is 18.2 Å². The molecule has 0 amide bonds. The molecule has 80 valence electrons. The van der Waals surface area contributed by atoms with Gasteiger partial charge in [0.2, 0.25) is 0 Å². The first kappa shape index (κ1) is 10.6. The largest absolute Gasteiger partial charge is 0.481 e. The molecule has 0 aliphatic heterocycles. The Balaban J connectivity index is 2.24. The molecule has 1 aliphatic rings. The molecule has 0 saturated carbocycles. The predicted molar refractivity (Wildman–Crippen MR) is 60.7 cm³/mol. The second-order valence-corrected chi connectivity index (χ2v) is 5.12. The fourth-order valence-corrected chi connectivity index (χ4v) is 2.59. The number of carboxylic acid groups (broad SMARTS) is 1. The molecule has 1 unspecified atom stereocenters. The third-order valence-electron chi connectivity index (χ3n) is 2.76. The third-order valence-corrected chi connectivity index (χ3v) is 3.25. The molecule has 0 saturated heterocycles. The van der Waals surface area contributed by atoms with Crippen LogP contribution in [-0.4, -0.2) is 16.6 Å². The van der Waals surface area contributed by atoms with Gasteiger partial charge in [-0.15, -0.1) is 0 Å². The van der Waals surface area contributed by atoms with Gasteiger partial charge < -0.3 is 10.8 Å². The number of carbonyl (C=O) groups is 1. The molecule has 2 rings (SSSR count). The molecule has 0 heterocycles. The van der Waals surface area contributed by atoms with Crippen LogP contribution >= 0.6 is 15.9 Å². The molecular weight excluding hydrogens is 258 g/mol. The maximum absolute atomic E-state index is 10.7. The Morgan fingerprint density at radius 2 is 2.13 bits per heavy atom. The van der Waals surface area contributed by atoms with Crippen LogP contribution in [0.4, 0.5) is 0 Å². The molecule has 3 nitrogen and oxygen atoms in total. The van der Waals surface area contributed by atoms with Crippen LogP contribution in [0.2, 0.25) is 0 Å². The average Bonchev–Trinajstić information content (AvgIpc) is 2.38. The van der Waals surface area contributed by atoms with Crippen molar-refractivity contribution in [1.29, 1.82) is 0 Å². The molecule has 0 spiro atoms. The molecule has 1 aromatic rings. The zero-order chi connectivity index (χ0) is 11.1. The van der Waals surface area contributed by atoms with E-state index in [-0.39, 0.29) is 6.42 Å². The van der Waals surface area contributed by atoms with Crippen molar-refractivity contribution in [3.05, 3.63) is 33.8 Å². The van der Waals surface area contributed by atoms with Gasteiger partial charge in [-0.25, -0.2) is 0 Å². The standard InChI is InChI=1S/C11H12BrNO2/c12-9-2-1-7-4-11(13,6-10(14)15)5-8(7)3-9/h1-3H,4-6,13H2,(H,14,15). The Morgan fingerprint density at radius 3 is 2.80 bits per heavy atom. The molecule has 0 fully saturated rings. The van der Waals surface area contributed by atoms with Crippen molar-refractivity contribution in [1.82, 2.24) is 0 Å². The van der Waals surface area contributed by atoms with E-state index in [2.05, 4.69) is 15.9 Å². The van der Waals surface area contributed by atoms with E-state index in [0.717, 1.165) is 10.0 Å². The lowest BCUT2D eigenvalue weighted by molar-refractivity contribution is -0.138. The second kappa shape index (κ2) is 3.61. The van der Waals surface area contributed by atoms with Gasteiger partial charge in [0, 0.05) is 10.0 Å². The first-order valence-electron chi connectivity index (χ1n) is 4.76. The summed E-state index contributed by atoms with van der Waals surface area (Å²) in [5.74, 6) is -0.829. The van der Waals surface area contributed by atoms with E-state index in [1.54, 1.807) is 0 Å². The van der Waals surface area contributed by atoms with Gasteiger partial charge in [0.1, 0.15) is 0 Å². The first-order chi connectivity index (χ1) is 6.98. The maximum Gasteiger partial charge on any atom is 0.305 e. The summed E-state index contributed by atoms with van der Waals surface area (Å²) in [5, 5.41) is 8.78. The summed E-state index contributed by atoms with van der Waals surface area (Å²) in [4.78, 5) is 10.7. The average molecular weight is 270 g/mol. The van der Waals surface area contributed by atoms with E-state index >= 15 is 0 Å². The SMILES string of the molecule is NC1(CC(=O)O)Cc2ccc(Br)cc2C1. The van der Waals surface area contributed by atoms with Crippen molar-refractivity contribution in [2.45, 2.75) is 24.8 Å². The number of hydrogen-bond acceptors (Lipinski definition) is 2. The van der Waals surface area contributed by atoms with Crippen LogP contribution in [0.25, 0.3) is 0 Å². The Bertz CT molecular complexity index is 419. The highest BCUT2D eigenvalue weighted by molar-refractivity contribution is 9.10. The van der Waals surface area contributed by atoms with E-state index in [4.69, 9.17) is 10.8 Å². The first-order valence-corrected chi connectivity index (χ1v) is 5.56. The number of halogens is 1. The lowest BCUT2D eigenvalue weighted by Gasteiger charge is -2.20. The maximum atomic E-state index is 10.7. The number of carboxylic acids is 1. The lowest BCUT2D eigenvalue weighted by Crippen LogP contribution is -2.42. The van der Waals surface area contributed by atoms with Crippen LogP contribution in [0.3, 0.4) is 0 Å². The zero-order valence-corrected chi connectivity index (χ0v) is 9.75. The molecule has 15 heavy (non-hydrogen) atoms. The van der Waals surface area contributed by atoms with Crippen molar-refractivity contribution in [2.75, 3.05) is 0 Å². The molecule has 0 radical (unpaired) electrons. The minimum Gasteiger partial charge on any atom is -0.481 e.